The van der Waals surface area contributed by atoms with E-state index in [2.05, 4.69) is 54.6 Å². The number of hydrogen-bond donors (Lipinski definition) is 0. The predicted molar refractivity (Wildman–Crippen MR) is 81.0 cm³/mol. The summed E-state index contributed by atoms with van der Waals surface area (Å²) in [5.74, 6) is 0.203. The standard InChI is InChI=1S/C14H13IOS/c1-9-3-10(2)5-11(4-9)6-13(16)12-7-14(15)17-8-12/h3-5,7-8H,6H2,1-2H3. The summed E-state index contributed by atoms with van der Waals surface area (Å²) in [6.45, 7) is 4.13. The van der Waals surface area contributed by atoms with Gasteiger partial charge >= 0.3 is 0 Å². The molecule has 0 unspecified atom stereocenters. The van der Waals surface area contributed by atoms with Crippen LogP contribution in [0, 0.1) is 16.7 Å². The summed E-state index contributed by atoms with van der Waals surface area (Å²) in [4.78, 5) is 12.1. The number of halogens is 1. The van der Waals surface area contributed by atoms with Gasteiger partial charge in [-0.3, -0.25) is 4.79 Å². The van der Waals surface area contributed by atoms with Crippen molar-refractivity contribution in [1.29, 1.82) is 0 Å². The van der Waals surface area contributed by atoms with Gasteiger partial charge in [0.25, 0.3) is 0 Å². The Morgan fingerprint density at radius 3 is 2.35 bits per heavy atom. The van der Waals surface area contributed by atoms with Crippen LogP contribution in [0.5, 0.6) is 0 Å². The van der Waals surface area contributed by atoms with E-state index in [1.165, 1.54) is 11.1 Å². The van der Waals surface area contributed by atoms with Crippen LogP contribution in [0.2, 0.25) is 0 Å². The van der Waals surface area contributed by atoms with E-state index < -0.39 is 0 Å². The summed E-state index contributed by atoms with van der Waals surface area (Å²) < 4.78 is 1.16. The fourth-order valence-electron chi connectivity index (χ4n) is 1.91. The molecule has 0 aliphatic rings. The average molecular weight is 356 g/mol. The average Bonchev–Trinajstić information content (AvgIpc) is 2.63. The first-order valence-corrected chi connectivity index (χ1v) is 7.35. The zero-order valence-electron chi connectivity index (χ0n) is 9.79. The molecule has 3 heteroatoms. The highest BCUT2D eigenvalue weighted by Crippen LogP contribution is 2.19. The third kappa shape index (κ3) is 3.39. The number of ketones is 1. The first kappa shape index (κ1) is 12.8. The van der Waals surface area contributed by atoms with E-state index in [0.717, 1.165) is 14.0 Å². The topological polar surface area (TPSA) is 17.1 Å². The van der Waals surface area contributed by atoms with Crippen molar-refractivity contribution < 1.29 is 4.79 Å². The van der Waals surface area contributed by atoms with Crippen molar-refractivity contribution in [1.82, 2.24) is 0 Å². The Hall–Kier alpha value is -0.680. The second kappa shape index (κ2) is 5.31. The van der Waals surface area contributed by atoms with Crippen LogP contribution in [-0.4, -0.2) is 5.78 Å². The maximum absolute atomic E-state index is 12.1. The van der Waals surface area contributed by atoms with Crippen LogP contribution in [-0.2, 0) is 6.42 Å². The van der Waals surface area contributed by atoms with Gasteiger partial charge in [-0.05, 0) is 48.1 Å². The van der Waals surface area contributed by atoms with E-state index in [-0.39, 0.29) is 5.78 Å². The van der Waals surface area contributed by atoms with Gasteiger partial charge in [-0.15, -0.1) is 11.3 Å². The van der Waals surface area contributed by atoms with Crippen molar-refractivity contribution in [2.45, 2.75) is 20.3 Å². The molecule has 0 saturated heterocycles. The molecule has 2 rings (SSSR count). The third-order valence-electron chi connectivity index (χ3n) is 2.54. The van der Waals surface area contributed by atoms with Gasteiger partial charge < -0.3 is 0 Å². The molecule has 0 atom stereocenters. The summed E-state index contributed by atoms with van der Waals surface area (Å²) in [7, 11) is 0. The minimum absolute atomic E-state index is 0.203. The van der Waals surface area contributed by atoms with Crippen molar-refractivity contribution in [3.63, 3.8) is 0 Å². The fraction of sp³-hybridized carbons (Fsp3) is 0.214. The van der Waals surface area contributed by atoms with Crippen LogP contribution >= 0.6 is 33.9 Å². The number of carbonyl (C=O) groups excluding carboxylic acids is 1. The molecule has 0 saturated carbocycles. The highest BCUT2D eigenvalue weighted by atomic mass is 127. The normalized spacial score (nSPS) is 10.5. The van der Waals surface area contributed by atoms with E-state index in [9.17, 15) is 4.79 Å². The molecule has 0 bridgehead atoms. The zero-order valence-corrected chi connectivity index (χ0v) is 12.8. The van der Waals surface area contributed by atoms with Crippen LogP contribution in [0.15, 0.2) is 29.6 Å². The van der Waals surface area contributed by atoms with Gasteiger partial charge in [0.15, 0.2) is 5.78 Å². The summed E-state index contributed by atoms with van der Waals surface area (Å²) in [5.41, 5.74) is 4.37. The lowest BCUT2D eigenvalue weighted by atomic mass is 10.0. The van der Waals surface area contributed by atoms with Crippen LogP contribution in [0.4, 0.5) is 0 Å². The highest BCUT2D eigenvalue weighted by molar-refractivity contribution is 14.1. The molecule has 0 fully saturated rings. The number of aryl methyl sites for hydroxylation is 2. The molecule has 0 aliphatic carbocycles. The molecule has 2 aromatic rings. The molecular formula is C14H13IOS. The maximum Gasteiger partial charge on any atom is 0.168 e. The van der Waals surface area contributed by atoms with Crippen molar-refractivity contribution >= 4 is 39.7 Å². The van der Waals surface area contributed by atoms with Gasteiger partial charge in [-0.1, -0.05) is 29.3 Å². The molecule has 0 spiro atoms. The lowest BCUT2D eigenvalue weighted by Crippen LogP contribution is -2.02. The van der Waals surface area contributed by atoms with E-state index in [1.807, 2.05) is 11.4 Å². The zero-order chi connectivity index (χ0) is 12.4. The Kier molecular flexibility index (Phi) is 3.99. The van der Waals surface area contributed by atoms with Crippen molar-refractivity contribution in [2.75, 3.05) is 0 Å². The Bertz CT molecular complexity index is 537. The molecule has 0 aliphatic heterocycles. The SMILES string of the molecule is Cc1cc(C)cc(CC(=O)c2csc(I)c2)c1. The van der Waals surface area contributed by atoms with E-state index in [1.54, 1.807) is 11.3 Å². The third-order valence-corrected chi connectivity index (χ3v) is 4.32. The van der Waals surface area contributed by atoms with Crippen LogP contribution < -0.4 is 0 Å². The number of carbonyl (C=O) groups is 1. The number of benzene rings is 1. The Labute approximate surface area is 119 Å². The largest absolute Gasteiger partial charge is 0.294 e. The van der Waals surface area contributed by atoms with Crippen molar-refractivity contribution in [2.24, 2.45) is 0 Å². The smallest absolute Gasteiger partial charge is 0.168 e. The molecule has 1 aromatic heterocycles. The minimum atomic E-state index is 0.203. The van der Waals surface area contributed by atoms with Crippen LogP contribution in [0.1, 0.15) is 27.0 Å². The van der Waals surface area contributed by atoms with Crippen LogP contribution in [0.3, 0.4) is 0 Å². The monoisotopic (exact) mass is 356 g/mol. The highest BCUT2D eigenvalue weighted by Gasteiger charge is 2.09. The summed E-state index contributed by atoms with van der Waals surface area (Å²) in [5, 5.41) is 1.94. The van der Waals surface area contributed by atoms with Gasteiger partial charge in [0.1, 0.15) is 0 Å². The Morgan fingerprint density at radius 1 is 1.18 bits per heavy atom. The van der Waals surface area contributed by atoms with E-state index in [0.29, 0.717) is 6.42 Å². The van der Waals surface area contributed by atoms with Crippen molar-refractivity contribution in [3.05, 3.63) is 54.8 Å². The lowest BCUT2D eigenvalue weighted by molar-refractivity contribution is 0.0993. The van der Waals surface area contributed by atoms with Crippen LogP contribution in [0.25, 0.3) is 0 Å². The number of hydrogen-bond acceptors (Lipinski definition) is 2. The molecule has 1 nitrogen and oxygen atoms in total. The van der Waals surface area contributed by atoms with Gasteiger partial charge in [-0.25, -0.2) is 0 Å². The molecule has 17 heavy (non-hydrogen) atoms. The first-order chi connectivity index (χ1) is 8.04. The molecule has 1 heterocycles. The fourth-order valence-corrected chi connectivity index (χ4v) is 3.27. The first-order valence-electron chi connectivity index (χ1n) is 5.39. The second-order valence-electron chi connectivity index (χ2n) is 4.24. The van der Waals surface area contributed by atoms with E-state index in [4.69, 9.17) is 0 Å². The van der Waals surface area contributed by atoms with Gasteiger partial charge in [0.05, 0.1) is 2.88 Å². The predicted octanol–water partition coefficient (Wildman–Crippen LogP) is 4.39. The number of thiophene rings is 1. The minimum Gasteiger partial charge on any atom is -0.294 e. The molecule has 1 aromatic carbocycles. The molecule has 0 amide bonds. The Morgan fingerprint density at radius 2 is 1.82 bits per heavy atom. The number of Topliss-reactive ketones (excluding diaryl/α,β-unsaturated/α-hetero) is 1. The summed E-state index contributed by atoms with van der Waals surface area (Å²) >= 11 is 3.86. The Balaban J connectivity index is 2.18. The van der Waals surface area contributed by atoms with Crippen molar-refractivity contribution in [3.8, 4) is 0 Å². The summed E-state index contributed by atoms with van der Waals surface area (Å²) in [6, 6.07) is 8.25. The molecule has 0 N–H and O–H groups in total. The van der Waals surface area contributed by atoms with E-state index >= 15 is 0 Å². The number of rotatable bonds is 3. The second-order valence-corrected chi connectivity index (χ2v) is 7.04. The molecule has 88 valence electrons. The maximum atomic E-state index is 12.1. The van der Waals surface area contributed by atoms with Gasteiger partial charge in [0.2, 0.25) is 0 Å². The quantitative estimate of drug-likeness (QED) is 0.589. The summed E-state index contributed by atoms with van der Waals surface area (Å²) in [6.07, 6.45) is 0.495. The molecule has 0 radical (unpaired) electrons. The molecular weight excluding hydrogens is 343 g/mol. The van der Waals surface area contributed by atoms with Gasteiger partial charge in [-0.2, -0.15) is 0 Å². The lowest BCUT2D eigenvalue weighted by Gasteiger charge is -2.03. The van der Waals surface area contributed by atoms with Gasteiger partial charge in [0, 0.05) is 17.4 Å².